The molecule has 14 heavy (non-hydrogen) atoms. The van der Waals surface area contributed by atoms with Crippen LogP contribution in [0.1, 0.15) is 22.8 Å². The van der Waals surface area contributed by atoms with Crippen molar-refractivity contribution in [2.24, 2.45) is 0 Å². The predicted molar refractivity (Wildman–Crippen MR) is 49.3 cm³/mol. The number of rotatable bonds is 2. The van der Waals surface area contributed by atoms with Gasteiger partial charge in [0.1, 0.15) is 6.33 Å². The van der Waals surface area contributed by atoms with E-state index in [1.54, 1.807) is 23.0 Å². The standard InChI is InChI=1S/C9H9N3O2/c1-2-6-7(9(13)14)3-4-12-5-10-11-8(6)12/h3-5H,2H2,1H3,(H,13,14). The van der Waals surface area contributed by atoms with Crippen LogP contribution in [0.4, 0.5) is 0 Å². The quantitative estimate of drug-likeness (QED) is 0.768. The first-order valence-electron chi connectivity index (χ1n) is 4.28. The summed E-state index contributed by atoms with van der Waals surface area (Å²) in [5.74, 6) is -0.924. The van der Waals surface area contributed by atoms with Gasteiger partial charge in [0, 0.05) is 11.8 Å². The van der Waals surface area contributed by atoms with Crippen LogP contribution in [0.25, 0.3) is 5.65 Å². The molecule has 0 spiro atoms. The molecule has 0 amide bonds. The lowest BCUT2D eigenvalue weighted by atomic mass is 10.1. The zero-order valence-corrected chi connectivity index (χ0v) is 7.64. The van der Waals surface area contributed by atoms with E-state index in [0.717, 1.165) is 5.56 Å². The second-order valence-electron chi connectivity index (χ2n) is 2.93. The third-order valence-corrected chi connectivity index (χ3v) is 2.15. The van der Waals surface area contributed by atoms with Crippen LogP contribution in [-0.2, 0) is 6.42 Å². The van der Waals surface area contributed by atoms with Gasteiger partial charge in [0.2, 0.25) is 0 Å². The van der Waals surface area contributed by atoms with Crippen LogP contribution in [-0.4, -0.2) is 25.7 Å². The van der Waals surface area contributed by atoms with Gasteiger partial charge < -0.3 is 5.11 Å². The fourth-order valence-electron chi connectivity index (χ4n) is 1.49. The van der Waals surface area contributed by atoms with Crippen LogP contribution < -0.4 is 0 Å². The summed E-state index contributed by atoms with van der Waals surface area (Å²) in [6.45, 7) is 1.90. The Morgan fingerprint density at radius 3 is 3.07 bits per heavy atom. The van der Waals surface area contributed by atoms with E-state index in [-0.39, 0.29) is 0 Å². The fraction of sp³-hybridized carbons (Fsp3) is 0.222. The van der Waals surface area contributed by atoms with Gasteiger partial charge in [-0.1, -0.05) is 6.92 Å². The molecular formula is C9H9N3O2. The number of hydrogen-bond acceptors (Lipinski definition) is 3. The van der Waals surface area contributed by atoms with Gasteiger partial charge in [0.05, 0.1) is 5.56 Å². The summed E-state index contributed by atoms with van der Waals surface area (Å²) in [5, 5.41) is 16.5. The van der Waals surface area contributed by atoms with Crippen LogP contribution >= 0.6 is 0 Å². The second kappa shape index (κ2) is 3.10. The summed E-state index contributed by atoms with van der Waals surface area (Å²) in [4.78, 5) is 10.9. The van der Waals surface area contributed by atoms with E-state index in [0.29, 0.717) is 17.6 Å². The molecule has 2 rings (SSSR count). The van der Waals surface area contributed by atoms with Crippen LogP contribution in [0.5, 0.6) is 0 Å². The van der Waals surface area contributed by atoms with E-state index >= 15 is 0 Å². The Hall–Kier alpha value is -1.91. The first-order valence-corrected chi connectivity index (χ1v) is 4.28. The first kappa shape index (κ1) is 8.68. The number of aryl methyl sites for hydroxylation is 1. The topological polar surface area (TPSA) is 67.5 Å². The van der Waals surface area contributed by atoms with E-state index in [4.69, 9.17) is 5.11 Å². The van der Waals surface area contributed by atoms with E-state index in [9.17, 15) is 4.79 Å². The van der Waals surface area contributed by atoms with Gasteiger partial charge in [-0.3, -0.25) is 4.40 Å². The van der Waals surface area contributed by atoms with Crippen LogP contribution in [0.3, 0.4) is 0 Å². The SMILES string of the molecule is CCc1c(C(=O)O)ccn2cnnc12. The number of hydrogen-bond donors (Lipinski definition) is 1. The van der Waals surface area contributed by atoms with Crippen LogP contribution in [0.2, 0.25) is 0 Å². The molecular weight excluding hydrogens is 182 g/mol. The second-order valence-corrected chi connectivity index (χ2v) is 2.93. The minimum atomic E-state index is -0.924. The van der Waals surface area contributed by atoms with Gasteiger partial charge in [-0.2, -0.15) is 0 Å². The molecule has 2 aromatic heterocycles. The smallest absolute Gasteiger partial charge is 0.336 e. The van der Waals surface area contributed by atoms with Crippen molar-refractivity contribution >= 4 is 11.6 Å². The number of nitrogens with zero attached hydrogens (tertiary/aromatic N) is 3. The number of aromatic nitrogens is 3. The number of carbonyl (C=O) groups is 1. The molecule has 0 atom stereocenters. The monoisotopic (exact) mass is 191 g/mol. The van der Waals surface area contributed by atoms with Crippen LogP contribution in [0, 0.1) is 0 Å². The van der Waals surface area contributed by atoms with Gasteiger partial charge in [-0.15, -0.1) is 10.2 Å². The number of carboxylic acids is 1. The maximum absolute atomic E-state index is 10.9. The summed E-state index contributed by atoms with van der Waals surface area (Å²) in [7, 11) is 0. The van der Waals surface area contributed by atoms with Crippen LogP contribution in [0.15, 0.2) is 18.6 Å². The molecule has 0 fully saturated rings. The Morgan fingerprint density at radius 2 is 2.43 bits per heavy atom. The van der Waals surface area contributed by atoms with E-state index < -0.39 is 5.97 Å². The Bertz CT molecular complexity index is 490. The number of carboxylic acid groups (broad SMARTS) is 1. The lowest BCUT2D eigenvalue weighted by molar-refractivity contribution is 0.0695. The molecule has 0 radical (unpaired) electrons. The Labute approximate surface area is 80.0 Å². The summed E-state index contributed by atoms with van der Waals surface area (Å²) in [6, 6.07) is 1.57. The fourth-order valence-corrected chi connectivity index (χ4v) is 1.49. The van der Waals surface area contributed by atoms with E-state index in [2.05, 4.69) is 10.2 Å². The highest BCUT2D eigenvalue weighted by molar-refractivity contribution is 5.91. The average Bonchev–Trinajstić information content (AvgIpc) is 2.63. The zero-order chi connectivity index (χ0) is 10.1. The molecule has 2 aromatic rings. The third-order valence-electron chi connectivity index (χ3n) is 2.15. The van der Waals surface area contributed by atoms with Gasteiger partial charge in [0.25, 0.3) is 0 Å². The Kier molecular flexibility index (Phi) is 1.92. The zero-order valence-electron chi connectivity index (χ0n) is 7.64. The molecule has 2 heterocycles. The minimum absolute atomic E-state index is 0.299. The summed E-state index contributed by atoms with van der Waals surface area (Å²) < 4.78 is 1.71. The molecule has 5 heteroatoms. The predicted octanol–water partition coefficient (Wildman–Crippen LogP) is 0.990. The minimum Gasteiger partial charge on any atom is -0.478 e. The van der Waals surface area contributed by atoms with Gasteiger partial charge in [-0.05, 0) is 12.5 Å². The highest BCUT2D eigenvalue weighted by Gasteiger charge is 2.13. The normalized spacial score (nSPS) is 10.6. The lowest BCUT2D eigenvalue weighted by Gasteiger charge is -2.03. The molecule has 0 aliphatic carbocycles. The molecule has 1 N–H and O–H groups in total. The molecule has 0 bridgehead atoms. The number of pyridine rings is 1. The Morgan fingerprint density at radius 1 is 1.64 bits per heavy atom. The van der Waals surface area contributed by atoms with Crippen molar-refractivity contribution in [2.45, 2.75) is 13.3 Å². The molecule has 5 nitrogen and oxygen atoms in total. The lowest BCUT2D eigenvalue weighted by Crippen LogP contribution is -2.04. The van der Waals surface area contributed by atoms with Crippen molar-refractivity contribution in [3.63, 3.8) is 0 Å². The molecule has 0 unspecified atom stereocenters. The van der Waals surface area contributed by atoms with Gasteiger partial charge in [0.15, 0.2) is 5.65 Å². The maximum Gasteiger partial charge on any atom is 0.336 e. The summed E-state index contributed by atoms with van der Waals surface area (Å²) >= 11 is 0. The van der Waals surface area contributed by atoms with Crippen molar-refractivity contribution in [1.82, 2.24) is 14.6 Å². The number of aromatic carboxylic acids is 1. The van der Waals surface area contributed by atoms with E-state index in [1.165, 1.54) is 0 Å². The molecule has 72 valence electrons. The van der Waals surface area contributed by atoms with Crippen molar-refractivity contribution in [3.05, 3.63) is 29.7 Å². The molecule has 0 saturated carbocycles. The summed E-state index contributed by atoms with van der Waals surface area (Å²) in [6.07, 6.45) is 3.84. The average molecular weight is 191 g/mol. The largest absolute Gasteiger partial charge is 0.478 e. The number of fused-ring (bicyclic) bond motifs is 1. The third kappa shape index (κ3) is 1.14. The Balaban J connectivity index is 2.78. The highest BCUT2D eigenvalue weighted by atomic mass is 16.4. The first-order chi connectivity index (χ1) is 6.74. The maximum atomic E-state index is 10.9. The van der Waals surface area contributed by atoms with Crippen molar-refractivity contribution in [2.75, 3.05) is 0 Å². The molecule has 0 aliphatic rings. The van der Waals surface area contributed by atoms with Gasteiger partial charge in [-0.25, -0.2) is 4.79 Å². The summed E-state index contributed by atoms with van der Waals surface area (Å²) in [5.41, 5.74) is 1.64. The van der Waals surface area contributed by atoms with Crippen molar-refractivity contribution < 1.29 is 9.90 Å². The highest BCUT2D eigenvalue weighted by Crippen LogP contribution is 2.14. The van der Waals surface area contributed by atoms with Crippen molar-refractivity contribution in [1.29, 1.82) is 0 Å². The van der Waals surface area contributed by atoms with E-state index in [1.807, 2.05) is 6.92 Å². The molecule has 0 aromatic carbocycles. The molecule has 0 saturated heterocycles. The molecule has 0 aliphatic heterocycles. The van der Waals surface area contributed by atoms with Gasteiger partial charge >= 0.3 is 5.97 Å². The van der Waals surface area contributed by atoms with Crippen molar-refractivity contribution in [3.8, 4) is 0 Å².